The Morgan fingerprint density at radius 3 is 3.00 bits per heavy atom. The van der Waals surface area contributed by atoms with E-state index in [1.165, 1.54) is 17.7 Å². The lowest BCUT2D eigenvalue weighted by molar-refractivity contribution is 0.485. The summed E-state index contributed by atoms with van der Waals surface area (Å²) in [6.45, 7) is 4.27. The van der Waals surface area contributed by atoms with Crippen molar-refractivity contribution in [1.82, 2.24) is 9.97 Å². The number of hydrogen-bond acceptors (Lipinski definition) is 3. The molecule has 0 aliphatic heterocycles. The molecule has 0 radical (unpaired) electrons. The summed E-state index contributed by atoms with van der Waals surface area (Å²) in [5.74, 6) is 0.742. The largest absolute Gasteiger partial charge is 0.323 e. The molecule has 1 aliphatic carbocycles. The highest BCUT2D eigenvalue weighted by molar-refractivity contribution is 5.29. The van der Waals surface area contributed by atoms with Crippen LogP contribution in [0.15, 0.2) is 6.33 Å². The highest BCUT2D eigenvalue weighted by Gasteiger charge is 2.21. The summed E-state index contributed by atoms with van der Waals surface area (Å²) in [4.78, 5) is 8.62. The van der Waals surface area contributed by atoms with Crippen molar-refractivity contribution in [3.63, 3.8) is 0 Å². The molecule has 0 bridgehead atoms. The van der Waals surface area contributed by atoms with Crippen molar-refractivity contribution in [3.8, 4) is 0 Å². The molecule has 3 nitrogen and oxygen atoms in total. The monoisotopic (exact) mass is 191 g/mol. The van der Waals surface area contributed by atoms with E-state index in [0.29, 0.717) is 0 Å². The minimum atomic E-state index is 0.0250. The number of hydrogen-bond donors (Lipinski definition) is 1. The van der Waals surface area contributed by atoms with Crippen LogP contribution in [0.1, 0.15) is 43.3 Å². The van der Waals surface area contributed by atoms with Gasteiger partial charge in [0.25, 0.3) is 0 Å². The molecule has 1 heterocycles. The Bertz CT molecular complexity index is 333. The standard InChI is InChI=1S/C11H17N3/c1-7-3-4-10-9(5-7)11(8(2)12)14-6-13-10/h6-8H,3-5,12H2,1-2H3. The normalized spacial score (nSPS) is 22.9. The van der Waals surface area contributed by atoms with Crippen molar-refractivity contribution in [3.05, 3.63) is 23.3 Å². The lowest BCUT2D eigenvalue weighted by atomic mass is 9.86. The third-order valence-electron chi connectivity index (χ3n) is 2.93. The van der Waals surface area contributed by atoms with Crippen molar-refractivity contribution in [2.24, 2.45) is 11.7 Å². The van der Waals surface area contributed by atoms with Gasteiger partial charge in [0.1, 0.15) is 6.33 Å². The molecule has 2 N–H and O–H groups in total. The Kier molecular flexibility index (Phi) is 2.50. The quantitative estimate of drug-likeness (QED) is 0.734. The second-order valence-corrected chi connectivity index (χ2v) is 4.32. The number of aryl methyl sites for hydroxylation is 1. The van der Waals surface area contributed by atoms with Crippen molar-refractivity contribution < 1.29 is 0 Å². The molecule has 1 aromatic heterocycles. The lowest BCUT2D eigenvalue weighted by Gasteiger charge is -2.23. The third-order valence-corrected chi connectivity index (χ3v) is 2.93. The van der Waals surface area contributed by atoms with Gasteiger partial charge in [-0.1, -0.05) is 6.92 Å². The molecule has 1 aromatic rings. The van der Waals surface area contributed by atoms with Crippen LogP contribution in [0.2, 0.25) is 0 Å². The van der Waals surface area contributed by atoms with Crippen LogP contribution < -0.4 is 5.73 Å². The highest BCUT2D eigenvalue weighted by Crippen LogP contribution is 2.27. The minimum absolute atomic E-state index is 0.0250. The lowest BCUT2D eigenvalue weighted by Crippen LogP contribution is -2.19. The first-order valence-electron chi connectivity index (χ1n) is 5.26. The van der Waals surface area contributed by atoms with E-state index < -0.39 is 0 Å². The molecule has 3 heteroatoms. The molecule has 1 aliphatic rings. The topological polar surface area (TPSA) is 51.8 Å². The smallest absolute Gasteiger partial charge is 0.116 e. The Morgan fingerprint density at radius 2 is 2.29 bits per heavy atom. The zero-order valence-corrected chi connectivity index (χ0v) is 8.83. The fraction of sp³-hybridized carbons (Fsp3) is 0.636. The van der Waals surface area contributed by atoms with Gasteiger partial charge in [0, 0.05) is 11.7 Å². The van der Waals surface area contributed by atoms with E-state index in [2.05, 4.69) is 16.9 Å². The van der Waals surface area contributed by atoms with Crippen LogP contribution in [0.5, 0.6) is 0 Å². The van der Waals surface area contributed by atoms with E-state index in [9.17, 15) is 0 Å². The second kappa shape index (κ2) is 3.65. The Labute approximate surface area is 84.8 Å². The van der Waals surface area contributed by atoms with Gasteiger partial charge in [0.2, 0.25) is 0 Å². The molecule has 0 aromatic carbocycles. The first kappa shape index (κ1) is 9.59. The van der Waals surface area contributed by atoms with Crippen molar-refractivity contribution in [1.29, 1.82) is 0 Å². The number of aromatic nitrogens is 2. The molecule has 2 rings (SSSR count). The summed E-state index contributed by atoms with van der Waals surface area (Å²) in [6.07, 6.45) is 5.06. The number of fused-ring (bicyclic) bond motifs is 1. The maximum absolute atomic E-state index is 5.89. The van der Waals surface area contributed by atoms with E-state index in [4.69, 9.17) is 5.73 Å². The van der Waals surface area contributed by atoms with Crippen molar-refractivity contribution in [2.75, 3.05) is 0 Å². The van der Waals surface area contributed by atoms with Gasteiger partial charge in [-0.05, 0) is 37.7 Å². The van der Waals surface area contributed by atoms with E-state index >= 15 is 0 Å². The molecule has 0 amide bonds. The summed E-state index contributed by atoms with van der Waals surface area (Å²) < 4.78 is 0. The summed E-state index contributed by atoms with van der Waals surface area (Å²) in [7, 11) is 0. The van der Waals surface area contributed by atoms with Crippen LogP contribution >= 0.6 is 0 Å². The van der Waals surface area contributed by atoms with Gasteiger partial charge in [-0.3, -0.25) is 0 Å². The van der Waals surface area contributed by atoms with Gasteiger partial charge in [0.15, 0.2) is 0 Å². The molecular weight excluding hydrogens is 174 g/mol. The molecule has 14 heavy (non-hydrogen) atoms. The molecule has 0 saturated heterocycles. The van der Waals surface area contributed by atoms with Crippen LogP contribution in [-0.4, -0.2) is 9.97 Å². The zero-order valence-electron chi connectivity index (χ0n) is 8.83. The Hall–Kier alpha value is -0.960. The summed E-state index contributed by atoms with van der Waals surface area (Å²) >= 11 is 0. The molecule has 0 fully saturated rings. The number of nitrogens with two attached hydrogens (primary N) is 1. The maximum atomic E-state index is 5.89. The first-order chi connectivity index (χ1) is 6.68. The fourth-order valence-electron chi connectivity index (χ4n) is 2.13. The van der Waals surface area contributed by atoms with Gasteiger partial charge < -0.3 is 5.73 Å². The third kappa shape index (κ3) is 1.64. The summed E-state index contributed by atoms with van der Waals surface area (Å²) in [6, 6.07) is 0.0250. The number of rotatable bonds is 1. The average Bonchev–Trinajstić information content (AvgIpc) is 2.16. The predicted molar refractivity (Wildman–Crippen MR) is 55.8 cm³/mol. The predicted octanol–water partition coefficient (Wildman–Crippen LogP) is 1.62. The highest BCUT2D eigenvalue weighted by atomic mass is 14.9. The van der Waals surface area contributed by atoms with Gasteiger partial charge >= 0.3 is 0 Å². The SMILES string of the molecule is CC1CCc2ncnc(C(C)N)c2C1. The maximum Gasteiger partial charge on any atom is 0.116 e. The minimum Gasteiger partial charge on any atom is -0.323 e. The van der Waals surface area contributed by atoms with E-state index in [-0.39, 0.29) is 6.04 Å². The van der Waals surface area contributed by atoms with Crippen molar-refractivity contribution >= 4 is 0 Å². The van der Waals surface area contributed by atoms with E-state index in [1.54, 1.807) is 6.33 Å². The average molecular weight is 191 g/mol. The second-order valence-electron chi connectivity index (χ2n) is 4.32. The molecule has 0 saturated carbocycles. The Morgan fingerprint density at radius 1 is 1.50 bits per heavy atom. The van der Waals surface area contributed by atoms with Gasteiger partial charge in [0.05, 0.1) is 5.69 Å². The molecule has 76 valence electrons. The van der Waals surface area contributed by atoms with Gasteiger partial charge in [-0.2, -0.15) is 0 Å². The van der Waals surface area contributed by atoms with Gasteiger partial charge in [-0.25, -0.2) is 9.97 Å². The number of nitrogens with zero attached hydrogens (tertiary/aromatic N) is 2. The van der Waals surface area contributed by atoms with E-state index in [1.807, 2.05) is 6.92 Å². The van der Waals surface area contributed by atoms with Crippen LogP contribution in [-0.2, 0) is 12.8 Å². The van der Waals surface area contributed by atoms with Crippen LogP contribution in [0, 0.1) is 5.92 Å². The molecular formula is C11H17N3. The summed E-state index contributed by atoms with van der Waals surface area (Å²) in [5, 5.41) is 0. The van der Waals surface area contributed by atoms with Crippen LogP contribution in [0.25, 0.3) is 0 Å². The molecule has 2 atom stereocenters. The van der Waals surface area contributed by atoms with Crippen molar-refractivity contribution in [2.45, 2.75) is 39.2 Å². The Balaban J connectivity index is 2.43. The first-order valence-corrected chi connectivity index (χ1v) is 5.26. The molecule has 0 spiro atoms. The van der Waals surface area contributed by atoms with Crippen LogP contribution in [0.3, 0.4) is 0 Å². The van der Waals surface area contributed by atoms with Crippen LogP contribution in [0.4, 0.5) is 0 Å². The zero-order chi connectivity index (χ0) is 10.1. The van der Waals surface area contributed by atoms with Gasteiger partial charge in [-0.15, -0.1) is 0 Å². The molecule has 2 unspecified atom stereocenters. The van der Waals surface area contributed by atoms with E-state index in [0.717, 1.165) is 24.5 Å². The summed E-state index contributed by atoms with van der Waals surface area (Å²) in [5.41, 5.74) is 9.46. The fourth-order valence-corrected chi connectivity index (χ4v) is 2.13.